The zero-order chi connectivity index (χ0) is 17.8. The number of para-hydroxylation sites is 1. The molecule has 3 aromatic rings. The molecule has 0 saturated heterocycles. The number of halogens is 2. The van der Waals surface area contributed by atoms with Crippen LogP contribution in [-0.2, 0) is 0 Å². The highest BCUT2D eigenvalue weighted by Crippen LogP contribution is 2.18. The molecule has 0 fully saturated rings. The first kappa shape index (κ1) is 16.9. The van der Waals surface area contributed by atoms with Crippen molar-refractivity contribution in [3.8, 4) is 0 Å². The number of benzene rings is 2. The van der Waals surface area contributed by atoms with Crippen LogP contribution < -0.4 is 10.6 Å². The highest BCUT2D eigenvalue weighted by Gasteiger charge is 2.13. The van der Waals surface area contributed by atoms with E-state index in [4.69, 9.17) is 11.6 Å². The molecule has 1 aromatic heterocycles. The number of rotatable bonds is 4. The monoisotopic (exact) mass is 356 g/mol. The number of aromatic nitrogens is 2. The van der Waals surface area contributed by atoms with E-state index in [1.807, 2.05) is 0 Å². The Kier molecular flexibility index (Phi) is 4.90. The van der Waals surface area contributed by atoms with Crippen molar-refractivity contribution < 1.29 is 9.18 Å². The molecule has 0 aliphatic carbocycles. The van der Waals surface area contributed by atoms with Gasteiger partial charge in [0.1, 0.15) is 11.5 Å². The predicted molar refractivity (Wildman–Crippen MR) is 95.9 cm³/mol. The quantitative estimate of drug-likeness (QED) is 0.718. The highest BCUT2D eigenvalue weighted by atomic mass is 35.5. The summed E-state index contributed by atoms with van der Waals surface area (Å²) in [7, 11) is 0. The summed E-state index contributed by atoms with van der Waals surface area (Å²) >= 11 is 5.85. The van der Waals surface area contributed by atoms with Gasteiger partial charge in [-0.1, -0.05) is 23.7 Å². The molecule has 0 unspecified atom stereocenters. The van der Waals surface area contributed by atoms with E-state index in [2.05, 4.69) is 20.6 Å². The number of carbonyl (C=O) groups is 1. The second-order valence-corrected chi connectivity index (χ2v) is 5.72. The summed E-state index contributed by atoms with van der Waals surface area (Å²) in [5, 5.41) is 6.12. The summed E-state index contributed by atoms with van der Waals surface area (Å²) in [4.78, 5) is 20.8. The summed E-state index contributed by atoms with van der Waals surface area (Å²) in [6.45, 7) is 1.74. The van der Waals surface area contributed by atoms with Crippen LogP contribution in [0.15, 0.2) is 54.6 Å². The van der Waals surface area contributed by atoms with Crippen molar-refractivity contribution >= 4 is 34.8 Å². The van der Waals surface area contributed by atoms with Gasteiger partial charge in [-0.3, -0.25) is 4.79 Å². The van der Waals surface area contributed by atoms with Gasteiger partial charge >= 0.3 is 0 Å². The minimum absolute atomic E-state index is 0.0935. The Morgan fingerprint density at radius 1 is 1.08 bits per heavy atom. The predicted octanol–water partition coefficient (Wildman–Crippen LogP) is 4.57. The second-order valence-electron chi connectivity index (χ2n) is 5.28. The third kappa shape index (κ3) is 4.30. The van der Waals surface area contributed by atoms with Crippen molar-refractivity contribution in [2.24, 2.45) is 0 Å². The van der Waals surface area contributed by atoms with E-state index >= 15 is 0 Å². The number of nitrogens with one attached hydrogen (secondary N) is 2. The summed E-state index contributed by atoms with van der Waals surface area (Å²) in [5.41, 5.74) is 1.56. The van der Waals surface area contributed by atoms with Crippen LogP contribution >= 0.6 is 11.6 Å². The molecule has 25 heavy (non-hydrogen) atoms. The van der Waals surface area contributed by atoms with E-state index in [0.717, 1.165) is 5.69 Å². The molecule has 1 heterocycles. The van der Waals surface area contributed by atoms with Gasteiger partial charge in [0.15, 0.2) is 0 Å². The van der Waals surface area contributed by atoms with Crippen LogP contribution in [0.3, 0.4) is 0 Å². The molecule has 0 aliphatic rings. The summed E-state index contributed by atoms with van der Waals surface area (Å²) in [5.74, 6) is -0.767. The number of carbonyl (C=O) groups excluding carboxylic acids is 1. The van der Waals surface area contributed by atoms with E-state index < -0.39 is 11.7 Å². The van der Waals surface area contributed by atoms with E-state index in [0.29, 0.717) is 10.7 Å². The van der Waals surface area contributed by atoms with Gasteiger partial charge in [-0.25, -0.2) is 14.4 Å². The lowest BCUT2D eigenvalue weighted by atomic mass is 10.2. The van der Waals surface area contributed by atoms with Crippen molar-refractivity contribution in [1.29, 1.82) is 0 Å². The molecule has 0 bridgehead atoms. The lowest BCUT2D eigenvalue weighted by Gasteiger charge is -2.09. The van der Waals surface area contributed by atoms with Crippen LogP contribution in [0.1, 0.15) is 16.2 Å². The first-order valence-electron chi connectivity index (χ1n) is 7.45. The molecule has 1 amide bonds. The molecule has 5 nitrogen and oxygen atoms in total. The maximum atomic E-state index is 13.7. The number of anilines is 3. The third-order valence-electron chi connectivity index (χ3n) is 3.31. The van der Waals surface area contributed by atoms with Gasteiger partial charge in [-0.2, -0.15) is 0 Å². The maximum Gasteiger partial charge on any atom is 0.274 e. The van der Waals surface area contributed by atoms with Crippen molar-refractivity contribution in [1.82, 2.24) is 9.97 Å². The number of hydrogen-bond acceptors (Lipinski definition) is 4. The average Bonchev–Trinajstić information content (AvgIpc) is 2.58. The molecule has 126 valence electrons. The van der Waals surface area contributed by atoms with E-state index in [9.17, 15) is 9.18 Å². The van der Waals surface area contributed by atoms with Gasteiger partial charge in [0.05, 0.1) is 5.69 Å². The van der Waals surface area contributed by atoms with E-state index in [1.54, 1.807) is 43.3 Å². The van der Waals surface area contributed by atoms with Gasteiger partial charge in [0.25, 0.3) is 5.91 Å². The third-order valence-corrected chi connectivity index (χ3v) is 3.56. The fourth-order valence-corrected chi connectivity index (χ4v) is 2.28. The average molecular weight is 357 g/mol. The fraction of sp³-hybridized carbons (Fsp3) is 0.0556. The molecule has 0 saturated carbocycles. The van der Waals surface area contributed by atoms with Crippen LogP contribution in [-0.4, -0.2) is 15.9 Å². The van der Waals surface area contributed by atoms with Crippen LogP contribution in [0, 0.1) is 12.7 Å². The van der Waals surface area contributed by atoms with Crippen molar-refractivity contribution in [3.05, 3.63) is 76.8 Å². The SMILES string of the molecule is Cc1cc(C(=O)Nc2ccccc2F)nc(Nc2ccc(Cl)cc2)n1. The van der Waals surface area contributed by atoms with E-state index in [1.165, 1.54) is 18.2 Å². The fourth-order valence-electron chi connectivity index (χ4n) is 2.15. The van der Waals surface area contributed by atoms with Crippen molar-refractivity contribution in [2.75, 3.05) is 10.6 Å². The Labute approximate surface area is 148 Å². The minimum Gasteiger partial charge on any atom is -0.324 e. The number of nitrogens with zero attached hydrogens (tertiary/aromatic N) is 2. The highest BCUT2D eigenvalue weighted by molar-refractivity contribution is 6.30. The minimum atomic E-state index is -0.519. The maximum absolute atomic E-state index is 13.7. The number of aryl methyl sites for hydroxylation is 1. The Hall–Kier alpha value is -2.99. The first-order chi connectivity index (χ1) is 12.0. The van der Waals surface area contributed by atoms with Gasteiger partial charge in [0.2, 0.25) is 5.95 Å². The molecular formula is C18H14ClFN4O. The molecule has 0 atom stereocenters. The molecule has 7 heteroatoms. The van der Waals surface area contributed by atoms with Crippen LogP contribution in [0.2, 0.25) is 5.02 Å². The van der Waals surface area contributed by atoms with Crippen molar-refractivity contribution in [2.45, 2.75) is 6.92 Å². The first-order valence-corrected chi connectivity index (χ1v) is 7.83. The van der Waals surface area contributed by atoms with Gasteiger partial charge in [0, 0.05) is 16.4 Å². The standard InChI is InChI=1S/C18H14ClFN4O/c1-11-10-16(17(25)23-15-5-3-2-4-14(15)20)24-18(21-11)22-13-8-6-12(19)7-9-13/h2-10H,1H3,(H,23,25)(H,21,22,24). The Morgan fingerprint density at radius 3 is 2.52 bits per heavy atom. The Morgan fingerprint density at radius 2 is 1.80 bits per heavy atom. The topological polar surface area (TPSA) is 66.9 Å². The van der Waals surface area contributed by atoms with E-state index in [-0.39, 0.29) is 17.3 Å². The largest absolute Gasteiger partial charge is 0.324 e. The smallest absolute Gasteiger partial charge is 0.274 e. The molecule has 2 N–H and O–H groups in total. The molecule has 0 aliphatic heterocycles. The molecule has 0 spiro atoms. The number of hydrogen-bond donors (Lipinski definition) is 2. The zero-order valence-corrected chi connectivity index (χ0v) is 14.0. The number of amides is 1. The molecular weight excluding hydrogens is 343 g/mol. The lowest BCUT2D eigenvalue weighted by molar-refractivity contribution is 0.102. The van der Waals surface area contributed by atoms with Gasteiger partial charge < -0.3 is 10.6 Å². The van der Waals surface area contributed by atoms with Crippen LogP contribution in [0.25, 0.3) is 0 Å². The molecule has 3 rings (SSSR count). The van der Waals surface area contributed by atoms with Crippen LogP contribution in [0.5, 0.6) is 0 Å². The molecule has 0 radical (unpaired) electrons. The summed E-state index contributed by atoms with van der Waals surface area (Å²) in [6.07, 6.45) is 0. The molecule has 2 aromatic carbocycles. The van der Waals surface area contributed by atoms with Gasteiger partial charge in [-0.15, -0.1) is 0 Å². The second kappa shape index (κ2) is 7.27. The van der Waals surface area contributed by atoms with Crippen LogP contribution in [0.4, 0.5) is 21.7 Å². The lowest BCUT2D eigenvalue weighted by Crippen LogP contribution is -2.16. The normalized spacial score (nSPS) is 10.4. The Balaban J connectivity index is 1.82. The van der Waals surface area contributed by atoms with Crippen molar-refractivity contribution in [3.63, 3.8) is 0 Å². The summed E-state index contributed by atoms with van der Waals surface area (Å²) in [6, 6.07) is 14.5. The summed E-state index contributed by atoms with van der Waals surface area (Å²) < 4.78 is 13.7. The Bertz CT molecular complexity index is 915. The zero-order valence-electron chi connectivity index (χ0n) is 13.3. The van der Waals surface area contributed by atoms with Gasteiger partial charge in [-0.05, 0) is 49.4 Å².